The molecule has 0 aliphatic carbocycles. The number of hydrogen-bond donors (Lipinski definition) is 2. The van der Waals surface area contributed by atoms with Gasteiger partial charge in [0.15, 0.2) is 11.7 Å². The van der Waals surface area contributed by atoms with Crippen LogP contribution in [-0.2, 0) is 16.0 Å². The first-order valence-electron chi connectivity index (χ1n) is 7.66. The lowest BCUT2D eigenvalue weighted by molar-refractivity contribution is -0.137. The van der Waals surface area contributed by atoms with Crippen molar-refractivity contribution in [2.45, 2.75) is 38.6 Å². The number of hydrogen-bond acceptors (Lipinski definition) is 4. The van der Waals surface area contributed by atoms with E-state index in [0.29, 0.717) is 29.5 Å². The second-order valence-corrected chi connectivity index (χ2v) is 5.91. The molecule has 2 aromatic rings. The molecule has 0 aliphatic rings. The Balaban J connectivity index is 1.84. The SMILES string of the molecule is CC(CCC(=O)O)NC(=O)CCc1ncc(-c2ccccc2Cl)o1. The second kappa shape index (κ2) is 8.49. The first-order chi connectivity index (χ1) is 11.5. The zero-order valence-electron chi connectivity index (χ0n) is 13.3. The molecule has 2 N–H and O–H groups in total. The molecule has 0 bridgehead atoms. The summed E-state index contributed by atoms with van der Waals surface area (Å²) in [6, 6.07) is 7.11. The molecule has 1 atom stereocenters. The fourth-order valence-electron chi connectivity index (χ4n) is 2.19. The van der Waals surface area contributed by atoms with E-state index in [2.05, 4.69) is 10.3 Å². The Morgan fingerprint density at radius 3 is 2.79 bits per heavy atom. The number of carboxylic acids is 1. The van der Waals surface area contributed by atoms with Gasteiger partial charge in [0, 0.05) is 30.9 Å². The van der Waals surface area contributed by atoms with Gasteiger partial charge in [-0.2, -0.15) is 0 Å². The molecule has 1 unspecified atom stereocenters. The molecule has 1 amide bonds. The largest absolute Gasteiger partial charge is 0.481 e. The molecule has 0 saturated carbocycles. The monoisotopic (exact) mass is 350 g/mol. The maximum atomic E-state index is 11.9. The minimum absolute atomic E-state index is 0.0301. The molecule has 2 rings (SSSR count). The van der Waals surface area contributed by atoms with E-state index in [1.807, 2.05) is 18.2 Å². The molecular formula is C17H19ClN2O4. The van der Waals surface area contributed by atoms with Gasteiger partial charge in [0.25, 0.3) is 0 Å². The summed E-state index contributed by atoms with van der Waals surface area (Å²) in [5.41, 5.74) is 0.754. The first kappa shape index (κ1) is 18.0. The highest BCUT2D eigenvalue weighted by atomic mass is 35.5. The van der Waals surface area contributed by atoms with Gasteiger partial charge in [-0.25, -0.2) is 4.98 Å². The van der Waals surface area contributed by atoms with Gasteiger partial charge in [-0.05, 0) is 25.5 Å². The van der Waals surface area contributed by atoms with Crippen molar-refractivity contribution >= 4 is 23.5 Å². The summed E-state index contributed by atoms with van der Waals surface area (Å²) >= 11 is 6.11. The van der Waals surface area contributed by atoms with Crippen LogP contribution in [-0.4, -0.2) is 28.0 Å². The highest BCUT2D eigenvalue weighted by Gasteiger charge is 2.13. The third-order valence-corrected chi connectivity index (χ3v) is 3.79. The third kappa shape index (κ3) is 5.38. The van der Waals surface area contributed by atoms with E-state index in [0.717, 1.165) is 5.56 Å². The van der Waals surface area contributed by atoms with Gasteiger partial charge in [-0.3, -0.25) is 9.59 Å². The van der Waals surface area contributed by atoms with Crippen molar-refractivity contribution in [2.75, 3.05) is 0 Å². The molecule has 7 heteroatoms. The van der Waals surface area contributed by atoms with Crippen molar-refractivity contribution in [3.63, 3.8) is 0 Å². The number of halogens is 1. The lowest BCUT2D eigenvalue weighted by Crippen LogP contribution is -2.33. The maximum absolute atomic E-state index is 11.9. The van der Waals surface area contributed by atoms with Crippen LogP contribution >= 0.6 is 11.6 Å². The number of carboxylic acid groups (broad SMARTS) is 1. The van der Waals surface area contributed by atoms with Gasteiger partial charge in [-0.15, -0.1) is 0 Å². The van der Waals surface area contributed by atoms with Crippen molar-refractivity contribution in [1.29, 1.82) is 0 Å². The highest BCUT2D eigenvalue weighted by Crippen LogP contribution is 2.28. The number of carbonyl (C=O) groups is 2. The number of aliphatic carboxylic acids is 1. The number of aromatic nitrogens is 1. The summed E-state index contributed by atoms with van der Waals surface area (Å²) in [7, 11) is 0. The lowest BCUT2D eigenvalue weighted by atomic mass is 10.1. The Morgan fingerprint density at radius 2 is 2.08 bits per heavy atom. The van der Waals surface area contributed by atoms with Crippen LogP contribution in [0.5, 0.6) is 0 Å². The minimum Gasteiger partial charge on any atom is -0.481 e. The van der Waals surface area contributed by atoms with E-state index < -0.39 is 5.97 Å². The second-order valence-electron chi connectivity index (χ2n) is 5.50. The number of oxazole rings is 1. The molecule has 0 spiro atoms. The van der Waals surface area contributed by atoms with Gasteiger partial charge < -0.3 is 14.8 Å². The lowest BCUT2D eigenvalue weighted by Gasteiger charge is -2.12. The Hall–Kier alpha value is -2.34. The Bertz CT molecular complexity index is 714. The summed E-state index contributed by atoms with van der Waals surface area (Å²) < 4.78 is 5.63. The van der Waals surface area contributed by atoms with E-state index in [1.165, 1.54) is 0 Å². The van der Waals surface area contributed by atoms with Crippen LogP contribution in [0.1, 0.15) is 32.1 Å². The number of nitrogens with zero attached hydrogens (tertiary/aromatic N) is 1. The van der Waals surface area contributed by atoms with Crippen LogP contribution in [0.4, 0.5) is 0 Å². The fourth-order valence-corrected chi connectivity index (χ4v) is 2.42. The van der Waals surface area contributed by atoms with Crippen molar-refractivity contribution in [1.82, 2.24) is 10.3 Å². The van der Waals surface area contributed by atoms with Crippen LogP contribution in [0.2, 0.25) is 5.02 Å². The molecule has 0 saturated heterocycles. The molecule has 24 heavy (non-hydrogen) atoms. The Kier molecular flexibility index (Phi) is 6.37. The molecule has 6 nitrogen and oxygen atoms in total. The summed E-state index contributed by atoms with van der Waals surface area (Å²) in [5.74, 6) is -0.0162. The molecule has 1 heterocycles. The van der Waals surface area contributed by atoms with E-state index in [-0.39, 0.29) is 24.8 Å². The standard InChI is InChI=1S/C17H19ClN2O4/c1-11(6-9-17(22)23)20-15(21)7-8-16-19-10-14(24-16)12-4-2-3-5-13(12)18/h2-5,10-11H,6-9H2,1H3,(H,20,21)(H,22,23). The normalized spacial score (nSPS) is 11.9. The van der Waals surface area contributed by atoms with Crippen LogP contribution in [0.15, 0.2) is 34.9 Å². The van der Waals surface area contributed by atoms with Crippen LogP contribution in [0.25, 0.3) is 11.3 Å². The molecule has 1 aromatic carbocycles. The topological polar surface area (TPSA) is 92.4 Å². The number of benzene rings is 1. The molecule has 128 valence electrons. The zero-order valence-corrected chi connectivity index (χ0v) is 14.0. The van der Waals surface area contributed by atoms with Crippen LogP contribution < -0.4 is 5.32 Å². The van der Waals surface area contributed by atoms with Gasteiger partial charge >= 0.3 is 5.97 Å². The molecule has 0 radical (unpaired) electrons. The zero-order chi connectivity index (χ0) is 17.5. The van der Waals surface area contributed by atoms with Crippen molar-refractivity contribution < 1.29 is 19.1 Å². The van der Waals surface area contributed by atoms with Crippen LogP contribution in [0.3, 0.4) is 0 Å². The predicted octanol–water partition coefficient (Wildman–Crippen LogP) is 3.30. The van der Waals surface area contributed by atoms with E-state index in [1.54, 1.807) is 19.2 Å². The third-order valence-electron chi connectivity index (χ3n) is 3.46. The summed E-state index contributed by atoms with van der Waals surface area (Å²) in [6.07, 6.45) is 2.60. The first-order valence-corrected chi connectivity index (χ1v) is 8.04. The van der Waals surface area contributed by atoms with Crippen molar-refractivity contribution in [2.24, 2.45) is 0 Å². The molecule has 0 aliphatic heterocycles. The summed E-state index contributed by atoms with van der Waals surface area (Å²) in [5, 5.41) is 12.0. The summed E-state index contributed by atoms with van der Waals surface area (Å²) in [4.78, 5) is 26.5. The Morgan fingerprint density at radius 1 is 1.33 bits per heavy atom. The maximum Gasteiger partial charge on any atom is 0.303 e. The average molecular weight is 351 g/mol. The van der Waals surface area contributed by atoms with Gasteiger partial charge in [0.05, 0.1) is 11.2 Å². The highest BCUT2D eigenvalue weighted by molar-refractivity contribution is 6.33. The van der Waals surface area contributed by atoms with Gasteiger partial charge in [-0.1, -0.05) is 23.7 Å². The van der Waals surface area contributed by atoms with Crippen molar-refractivity contribution in [3.05, 3.63) is 41.4 Å². The molecular weight excluding hydrogens is 332 g/mol. The van der Waals surface area contributed by atoms with Crippen molar-refractivity contribution in [3.8, 4) is 11.3 Å². The number of rotatable bonds is 8. The van der Waals surface area contributed by atoms with E-state index >= 15 is 0 Å². The van der Waals surface area contributed by atoms with Gasteiger partial charge in [0.2, 0.25) is 5.91 Å². The molecule has 1 aromatic heterocycles. The number of aryl methyl sites for hydroxylation is 1. The molecule has 0 fully saturated rings. The number of nitrogens with one attached hydrogen (secondary N) is 1. The quantitative estimate of drug-likeness (QED) is 0.762. The average Bonchev–Trinajstić information content (AvgIpc) is 3.00. The predicted molar refractivity (Wildman–Crippen MR) is 89.7 cm³/mol. The van der Waals surface area contributed by atoms with Gasteiger partial charge in [0.1, 0.15) is 0 Å². The van der Waals surface area contributed by atoms with E-state index in [9.17, 15) is 9.59 Å². The van der Waals surface area contributed by atoms with E-state index in [4.69, 9.17) is 21.1 Å². The Labute approximate surface area is 144 Å². The fraction of sp³-hybridized carbons (Fsp3) is 0.353. The number of carbonyl (C=O) groups excluding carboxylic acids is 1. The minimum atomic E-state index is -0.872. The number of amides is 1. The van der Waals surface area contributed by atoms with Crippen LogP contribution in [0, 0.1) is 0 Å². The smallest absolute Gasteiger partial charge is 0.303 e. The summed E-state index contributed by atoms with van der Waals surface area (Å²) in [6.45, 7) is 1.78.